The molecule has 1 aromatic heterocycles. The normalized spacial score (nSPS) is 13.3. The molecule has 1 aromatic rings. The minimum absolute atomic E-state index is 0.0303. The number of nitrogens with one attached hydrogen (secondary N) is 1. The third-order valence-corrected chi connectivity index (χ3v) is 2.25. The maximum atomic E-state index is 11.5. The molecule has 0 radical (unpaired) electrons. The number of carbonyl (C=O) groups is 1. The van der Waals surface area contributed by atoms with Gasteiger partial charge in [-0.25, -0.2) is 4.79 Å². The van der Waals surface area contributed by atoms with Crippen LogP contribution in [0.25, 0.3) is 6.08 Å². The van der Waals surface area contributed by atoms with Gasteiger partial charge in [0.05, 0.1) is 0 Å². The first kappa shape index (κ1) is 15.2. The molecule has 0 aliphatic heterocycles. The van der Waals surface area contributed by atoms with Crippen molar-refractivity contribution in [3.05, 3.63) is 36.2 Å². The summed E-state index contributed by atoms with van der Waals surface area (Å²) in [6.45, 7) is 7.48. The van der Waals surface area contributed by atoms with Gasteiger partial charge in [0.1, 0.15) is 5.60 Å². The lowest BCUT2D eigenvalue weighted by Gasteiger charge is -2.21. The van der Waals surface area contributed by atoms with E-state index in [0.717, 1.165) is 12.0 Å². The van der Waals surface area contributed by atoms with Crippen LogP contribution < -0.4 is 5.32 Å². The standard InChI is InChI=1S/C15H22N2O2/c1-12(17-14(18)19-15(2,3)4)7-5-8-13-9-6-10-16-11-13/h5-6,8-12H,7H2,1-4H3,(H,17,18)/b8-5+/t12-/m0/s1. The Balaban J connectivity index is 2.34. The molecule has 1 N–H and O–H groups in total. The maximum absolute atomic E-state index is 11.5. The molecule has 1 amide bonds. The summed E-state index contributed by atoms with van der Waals surface area (Å²) in [7, 11) is 0. The Labute approximate surface area is 114 Å². The minimum atomic E-state index is -0.463. The Bertz CT molecular complexity index is 422. The molecular weight excluding hydrogens is 240 g/mol. The molecule has 0 aliphatic rings. The molecular formula is C15H22N2O2. The average Bonchev–Trinajstić information content (AvgIpc) is 2.27. The third-order valence-electron chi connectivity index (χ3n) is 2.25. The number of rotatable bonds is 4. The van der Waals surface area contributed by atoms with E-state index in [-0.39, 0.29) is 12.1 Å². The topological polar surface area (TPSA) is 51.2 Å². The maximum Gasteiger partial charge on any atom is 0.407 e. The van der Waals surface area contributed by atoms with Crippen molar-refractivity contribution < 1.29 is 9.53 Å². The number of nitrogens with zero attached hydrogens (tertiary/aromatic N) is 1. The van der Waals surface area contributed by atoms with Crippen LogP contribution in [0.1, 0.15) is 39.7 Å². The molecule has 0 saturated heterocycles. The second-order valence-corrected chi connectivity index (χ2v) is 5.47. The van der Waals surface area contributed by atoms with E-state index < -0.39 is 5.60 Å². The van der Waals surface area contributed by atoms with E-state index in [9.17, 15) is 4.79 Å². The number of pyridine rings is 1. The van der Waals surface area contributed by atoms with E-state index in [2.05, 4.69) is 10.3 Å². The van der Waals surface area contributed by atoms with Crippen LogP contribution in [-0.2, 0) is 4.74 Å². The lowest BCUT2D eigenvalue weighted by molar-refractivity contribution is 0.0509. The van der Waals surface area contributed by atoms with Gasteiger partial charge >= 0.3 is 6.09 Å². The van der Waals surface area contributed by atoms with Gasteiger partial charge in [-0.3, -0.25) is 4.98 Å². The van der Waals surface area contributed by atoms with Gasteiger partial charge in [-0.2, -0.15) is 0 Å². The molecule has 19 heavy (non-hydrogen) atoms. The van der Waals surface area contributed by atoms with Crippen molar-refractivity contribution in [2.24, 2.45) is 0 Å². The summed E-state index contributed by atoms with van der Waals surface area (Å²) < 4.78 is 5.19. The van der Waals surface area contributed by atoms with Crippen molar-refractivity contribution in [1.29, 1.82) is 0 Å². The predicted molar refractivity (Wildman–Crippen MR) is 76.7 cm³/mol. The highest BCUT2D eigenvalue weighted by Gasteiger charge is 2.16. The summed E-state index contributed by atoms with van der Waals surface area (Å²) in [6, 6.07) is 3.90. The van der Waals surface area contributed by atoms with Crippen LogP contribution in [0, 0.1) is 0 Å². The van der Waals surface area contributed by atoms with E-state index in [4.69, 9.17) is 4.74 Å². The zero-order chi connectivity index (χ0) is 14.3. The Morgan fingerprint density at radius 1 is 1.53 bits per heavy atom. The molecule has 0 fully saturated rings. The van der Waals surface area contributed by atoms with Crippen LogP contribution in [0.3, 0.4) is 0 Å². The smallest absolute Gasteiger partial charge is 0.407 e. The van der Waals surface area contributed by atoms with Crippen molar-refractivity contribution in [2.45, 2.75) is 45.8 Å². The fourth-order valence-electron chi connectivity index (χ4n) is 1.45. The fraction of sp³-hybridized carbons (Fsp3) is 0.467. The molecule has 0 bridgehead atoms. The molecule has 0 aliphatic carbocycles. The number of ether oxygens (including phenoxy) is 1. The van der Waals surface area contributed by atoms with Gasteiger partial charge in [0, 0.05) is 18.4 Å². The Morgan fingerprint density at radius 2 is 2.26 bits per heavy atom. The van der Waals surface area contributed by atoms with E-state index in [1.54, 1.807) is 12.4 Å². The first-order valence-electron chi connectivity index (χ1n) is 6.43. The van der Waals surface area contributed by atoms with Crippen molar-refractivity contribution in [1.82, 2.24) is 10.3 Å². The number of alkyl carbamates (subject to hydrolysis) is 1. The SMILES string of the molecule is C[C@@H](C/C=C/c1cccnc1)NC(=O)OC(C)(C)C. The predicted octanol–water partition coefficient (Wildman–Crippen LogP) is 3.40. The van der Waals surface area contributed by atoms with Gasteiger partial charge in [0.25, 0.3) is 0 Å². The lowest BCUT2D eigenvalue weighted by atomic mass is 10.2. The molecule has 0 unspecified atom stereocenters. The van der Waals surface area contributed by atoms with Gasteiger partial charge in [-0.1, -0.05) is 18.2 Å². The van der Waals surface area contributed by atoms with Crippen LogP contribution in [0.15, 0.2) is 30.6 Å². The summed E-state index contributed by atoms with van der Waals surface area (Å²) in [4.78, 5) is 15.6. The summed E-state index contributed by atoms with van der Waals surface area (Å²) >= 11 is 0. The molecule has 4 nitrogen and oxygen atoms in total. The monoisotopic (exact) mass is 262 g/mol. The molecule has 1 heterocycles. The fourth-order valence-corrected chi connectivity index (χ4v) is 1.45. The van der Waals surface area contributed by atoms with Crippen LogP contribution >= 0.6 is 0 Å². The average molecular weight is 262 g/mol. The van der Waals surface area contributed by atoms with Gasteiger partial charge in [0.2, 0.25) is 0 Å². The van der Waals surface area contributed by atoms with Crippen molar-refractivity contribution >= 4 is 12.2 Å². The third kappa shape index (κ3) is 7.24. The molecule has 1 rings (SSSR count). The van der Waals surface area contributed by atoms with E-state index in [0.29, 0.717) is 0 Å². The summed E-state index contributed by atoms with van der Waals surface area (Å²) in [6.07, 6.45) is 7.90. The highest BCUT2D eigenvalue weighted by Crippen LogP contribution is 2.07. The van der Waals surface area contributed by atoms with E-state index in [1.165, 1.54) is 0 Å². The van der Waals surface area contributed by atoms with Crippen LogP contribution in [0.4, 0.5) is 4.79 Å². The van der Waals surface area contributed by atoms with Crippen molar-refractivity contribution in [2.75, 3.05) is 0 Å². The van der Waals surface area contributed by atoms with Crippen molar-refractivity contribution in [3.8, 4) is 0 Å². The number of hydrogen-bond acceptors (Lipinski definition) is 3. The molecule has 104 valence electrons. The zero-order valence-corrected chi connectivity index (χ0v) is 12.0. The Kier molecular flexibility index (Phi) is 5.55. The summed E-state index contributed by atoms with van der Waals surface area (Å²) in [5.74, 6) is 0. The number of amides is 1. The molecule has 0 aromatic carbocycles. The van der Waals surface area contributed by atoms with Crippen LogP contribution in [0.2, 0.25) is 0 Å². The molecule has 1 atom stereocenters. The largest absolute Gasteiger partial charge is 0.444 e. The van der Waals surface area contributed by atoms with E-state index in [1.807, 2.05) is 52.0 Å². The highest BCUT2D eigenvalue weighted by molar-refractivity contribution is 5.68. The Hall–Kier alpha value is -1.84. The van der Waals surface area contributed by atoms with Crippen molar-refractivity contribution in [3.63, 3.8) is 0 Å². The number of hydrogen-bond donors (Lipinski definition) is 1. The van der Waals surface area contributed by atoms with Gasteiger partial charge in [-0.05, 0) is 45.7 Å². The lowest BCUT2D eigenvalue weighted by Crippen LogP contribution is -2.37. The summed E-state index contributed by atoms with van der Waals surface area (Å²) in [5.41, 5.74) is 0.585. The summed E-state index contributed by atoms with van der Waals surface area (Å²) in [5, 5.41) is 2.79. The first-order chi connectivity index (χ1) is 8.87. The number of carbonyl (C=O) groups excluding carboxylic acids is 1. The first-order valence-corrected chi connectivity index (χ1v) is 6.43. The molecule has 0 spiro atoms. The van der Waals surface area contributed by atoms with Gasteiger partial charge < -0.3 is 10.1 Å². The second-order valence-electron chi connectivity index (χ2n) is 5.47. The van der Waals surface area contributed by atoms with Gasteiger partial charge in [-0.15, -0.1) is 0 Å². The Morgan fingerprint density at radius 3 is 2.84 bits per heavy atom. The van der Waals surface area contributed by atoms with Gasteiger partial charge in [0.15, 0.2) is 0 Å². The van der Waals surface area contributed by atoms with E-state index >= 15 is 0 Å². The number of aromatic nitrogens is 1. The molecule has 0 saturated carbocycles. The second kappa shape index (κ2) is 6.92. The van der Waals surface area contributed by atoms with Crippen LogP contribution in [0.5, 0.6) is 0 Å². The van der Waals surface area contributed by atoms with Crippen LogP contribution in [-0.4, -0.2) is 22.7 Å². The zero-order valence-electron chi connectivity index (χ0n) is 12.0. The highest BCUT2D eigenvalue weighted by atomic mass is 16.6. The molecule has 4 heteroatoms. The minimum Gasteiger partial charge on any atom is -0.444 e. The quantitative estimate of drug-likeness (QED) is 0.904.